The largest absolute Gasteiger partial charge is 0.306 e. The fraction of sp³-hybridized carbons (Fsp3) is 0.125. The maximum atomic E-state index is 10.9. The minimum Gasteiger partial charge on any atom is -0.306 e. The zero-order valence-electron chi connectivity index (χ0n) is 7.75. The molecule has 1 unspecified atom stereocenters. The topological polar surface area (TPSA) is 97.5 Å². The average molecular weight is 264 g/mol. The van der Waals surface area contributed by atoms with E-state index >= 15 is 0 Å². The highest BCUT2D eigenvalue weighted by Gasteiger charge is 2.19. The Bertz CT molecular complexity index is 475. The molecule has 1 atom stereocenters. The third-order valence-electron chi connectivity index (χ3n) is 1.76. The standard InChI is InChI=1S/C8H6ClNO5S/c9-8(11)6-2-1-5(4-16(14)15)3-7(6)10(12)13/h1-3H,4H2,(H,14,15). The van der Waals surface area contributed by atoms with Crippen LogP contribution in [0.3, 0.4) is 0 Å². The molecular formula is C8H6ClNO5S. The van der Waals surface area contributed by atoms with Crippen molar-refractivity contribution < 1.29 is 18.5 Å². The van der Waals surface area contributed by atoms with Gasteiger partial charge in [0.1, 0.15) is 5.56 Å². The number of carbonyl (C=O) groups excluding carboxylic acids is 1. The lowest BCUT2D eigenvalue weighted by Gasteiger charge is -2.01. The first-order chi connectivity index (χ1) is 7.41. The minimum absolute atomic E-state index is 0.237. The molecule has 1 N–H and O–H groups in total. The number of halogens is 1. The van der Waals surface area contributed by atoms with E-state index in [0.29, 0.717) is 0 Å². The summed E-state index contributed by atoms with van der Waals surface area (Å²) in [4.78, 5) is 20.7. The molecule has 1 aromatic carbocycles. The summed E-state index contributed by atoms with van der Waals surface area (Å²) in [7, 11) is 0. The van der Waals surface area contributed by atoms with Crippen LogP contribution in [0.15, 0.2) is 18.2 Å². The molecule has 0 fully saturated rings. The quantitative estimate of drug-likeness (QED) is 0.386. The number of hydrogen-bond donors (Lipinski definition) is 1. The summed E-state index contributed by atoms with van der Waals surface area (Å²) in [6, 6.07) is 3.57. The van der Waals surface area contributed by atoms with Gasteiger partial charge in [-0.1, -0.05) is 6.07 Å². The SMILES string of the molecule is O=C(Cl)c1ccc(CS(=O)O)cc1[N+](=O)[O-]. The van der Waals surface area contributed by atoms with Gasteiger partial charge in [-0.2, -0.15) is 0 Å². The third-order valence-corrected chi connectivity index (χ3v) is 2.54. The molecule has 0 aliphatic rings. The van der Waals surface area contributed by atoms with Crippen LogP contribution in [-0.4, -0.2) is 18.9 Å². The maximum Gasteiger partial charge on any atom is 0.281 e. The van der Waals surface area contributed by atoms with Gasteiger partial charge in [-0.15, -0.1) is 0 Å². The van der Waals surface area contributed by atoms with Gasteiger partial charge in [0.15, 0.2) is 11.1 Å². The van der Waals surface area contributed by atoms with Crippen molar-refractivity contribution in [2.75, 3.05) is 0 Å². The van der Waals surface area contributed by atoms with Gasteiger partial charge in [0.25, 0.3) is 10.9 Å². The number of benzene rings is 1. The Balaban J connectivity index is 3.22. The maximum absolute atomic E-state index is 10.9. The van der Waals surface area contributed by atoms with E-state index in [1.165, 1.54) is 6.07 Å². The van der Waals surface area contributed by atoms with Crippen LogP contribution in [0.5, 0.6) is 0 Å². The van der Waals surface area contributed by atoms with E-state index in [4.69, 9.17) is 16.2 Å². The minimum atomic E-state index is -2.10. The monoisotopic (exact) mass is 263 g/mol. The molecule has 0 aromatic heterocycles. The molecular weight excluding hydrogens is 258 g/mol. The molecule has 16 heavy (non-hydrogen) atoms. The summed E-state index contributed by atoms with van der Waals surface area (Å²) in [6.45, 7) is 0. The Hall–Kier alpha value is -1.31. The van der Waals surface area contributed by atoms with Crippen molar-refractivity contribution in [2.24, 2.45) is 0 Å². The molecule has 0 saturated heterocycles. The second-order valence-corrected chi connectivity index (χ2v) is 4.12. The van der Waals surface area contributed by atoms with Crippen LogP contribution in [0.2, 0.25) is 0 Å². The third kappa shape index (κ3) is 3.09. The smallest absolute Gasteiger partial charge is 0.281 e. The van der Waals surface area contributed by atoms with Crippen molar-refractivity contribution in [3.63, 3.8) is 0 Å². The first kappa shape index (κ1) is 12.8. The fourth-order valence-corrected chi connectivity index (χ4v) is 1.75. The van der Waals surface area contributed by atoms with E-state index in [0.717, 1.165) is 12.1 Å². The van der Waals surface area contributed by atoms with Crippen LogP contribution in [0.1, 0.15) is 15.9 Å². The van der Waals surface area contributed by atoms with Crippen molar-refractivity contribution in [1.82, 2.24) is 0 Å². The average Bonchev–Trinajstić information content (AvgIpc) is 2.16. The molecule has 0 aliphatic carbocycles. The number of nitro benzene ring substituents is 1. The summed E-state index contributed by atoms with van der Waals surface area (Å²) < 4.78 is 19.1. The Morgan fingerprint density at radius 2 is 2.19 bits per heavy atom. The van der Waals surface area contributed by atoms with Crippen LogP contribution in [0.4, 0.5) is 5.69 Å². The summed E-state index contributed by atoms with van der Waals surface area (Å²) in [5.41, 5.74) is -0.420. The van der Waals surface area contributed by atoms with Crippen molar-refractivity contribution in [1.29, 1.82) is 0 Å². The molecule has 86 valence electrons. The van der Waals surface area contributed by atoms with Crippen LogP contribution in [0.25, 0.3) is 0 Å². The summed E-state index contributed by atoms with van der Waals surface area (Å²) in [6.07, 6.45) is 0. The highest BCUT2D eigenvalue weighted by molar-refractivity contribution is 7.78. The Morgan fingerprint density at radius 1 is 1.56 bits per heavy atom. The lowest BCUT2D eigenvalue weighted by atomic mass is 10.1. The number of hydrogen-bond acceptors (Lipinski definition) is 4. The first-order valence-electron chi connectivity index (χ1n) is 3.96. The van der Waals surface area contributed by atoms with Crippen molar-refractivity contribution >= 4 is 33.6 Å². The molecule has 1 rings (SSSR count). The van der Waals surface area contributed by atoms with Crippen LogP contribution >= 0.6 is 11.6 Å². The van der Waals surface area contributed by atoms with Crippen molar-refractivity contribution in [3.8, 4) is 0 Å². The Labute approximate surface area is 97.7 Å². The molecule has 0 heterocycles. The second kappa shape index (κ2) is 5.15. The van der Waals surface area contributed by atoms with Crippen LogP contribution in [0, 0.1) is 10.1 Å². The Kier molecular flexibility index (Phi) is 4.11. The molecule has 1 aromatic rings. The van der Waals surface area contributed by atoms with Crippen LogP contribution in [-0.2, 0) is 16.8 Å². The summed E-state index contributed by atoms with van der Waals surface area (Å²) in [5, 5.41) is 9.68. The van der Waals surface area contributed by atoms with Gasteiger partial charge in [-0.25, -0.2) is 4.21 Å². The number of carbonyl (C=O) groups is 1. The molecule has 0 radical (unpaired) electrons. The highest BCUT2D eigenvalue weighted by Crippen LogP contribution is 2.22. The van der Waals surface area contributed by atoms with Gasteiger partial charge in [-0.05, 0) is 23.2 Å². The van der Waals surface area contributed by atoms with E-state index in [1.54, 1.807) is 0 Å². The molecule has 0 spiro atoms. The number of nitro groups is 1. The van der Waals surface area contributed by atoms with Gasteiger partial charge in [0.05, 0.1) is 10.7 Å². The number of nitrogens with zero attached hydrogens (tertiary/aromatic N) is 1. The van der Waals surface area contributed by atoms with Crippen molar-refractivity contribution in [2.45, 2.75) is 5.75 Å². The lowest BCUT2D eigenvalue weighted by molar-refractivity contribution is -0.385. The molecule has 0 bridgehead atoms. The second-order valence-electron chi connectivity index (χ2n) is 2.85. The molecule has 0 aliphatic heterocycles. The van der Waals surface area contributed by atoms with E-state index in [2.05, 4.69) is 0 Å². The molecule has 6 nitrogen and oxygen atoms in total. The van der Waals surface area contributed by atoms with E-state index in [1.807, 2.05) is 0 Å². The zero-order chi connectivity index (χ0) is 12.3. The van der Waals surface area contributed by atoms with Gasteiger partial charge < -0.3 is 4.55 Å². The summed E-state index contributed by atoms with van der Waals surface area (Å²) in [5.74, 6) is -0.238. The van der Waals surface area contributed by atoms with Crippen molar-refractivity contribution in [3.05, 3.63) is 39.4 Å². The van der Waals surface area contributed by atoms with E-state index in [9.17, 15) is 19.1 Å². The molecule has 0 saturated carbocycles. The van der Waals surface area contributed by atoms with Crippen LogP contribution < -0.4 is 0 Å². The van der Waals surface area contributed by atoms with Gasteiger partial charge in [0.2, 0.25) is 0 Å². The van der Waals surface area contributed by atoms with Gasteiger partial charge >= 0.3 is 0 Å². The predicted octanol–water partition coefficient (Wildman–Crippen LogP) is 1.70. The number of rotatable bonds is 4. The molecule has 8 heteroatoms. The zero-order valence-corrected chi connectivity index (χ0v) is 9.33. The summed E-state index contributed by atoms with van der Waals surface area (Å²) >= 11 is 3.06. The van der Waals surface area contributed by atoms with Gasteiger partial charge in [0, 0.05) is 6.07 Å². The van der Waals surface area contributed by atoms with E-state index < -0.39 is 26.9 Å². The fourth-order valence-electron chi connectivity index (χ4n) is 1.13. The highest BCUT2D eigenvalue weighted by atomic mass is 35.5. The van der Waals surface area contributed by atoms with Gasteiger partial charge in [-0.3, -0.25) is 14.9 Å². The lowest BCUT2D eigenvalue weighted by Crippen LogP contribution is -2.01. The predicted molar refractivity (Wildman–Crippen MR) is 57.8 cm³/mol. The first-order valence-corrected chi connectivity index (χ1v) is 5.62. The normalized spacial score (nSPS) is 12.1. The van der Waals surface area contributed by atoms with E-state index in [-0.39, 0.29) is 16.9 Å². The Morgan fingerprint density at radius 3 is 2.62 bits per heavy atom. The molecule has 0 amide bonds.